The van der Waals surface area contributed by atoms with Crippen molar-refractivity contribution in [2.75, 3.05) is 31.7 Å². The van der Waals surface area contributed by atoms with Crippen molar-refractivity contribution in [2.45, 2.75) is 58.9 Å². The molecule has 0 aliphatic carbocycles. The van der Waals surface area contributed by atoms with E-state index in [1.807, 2.05) is 42.1 Å². The topological polar surface area (TPSA) is 125 Å². The van der Waals surface area contributed by atoms with E-state index in [-0.39, 0.29) is 30.3 Å². The predicted octanol–water partition coefficient (Wildman–Crippen LogP) is 5.68. The number of halogens is 1. The van der Waals surface area contributed by atoms with Gasteiger partial charge in [0.05, 0.1) is 29.6 Å². The van der Waals surface area contributed by atoms with E-state index in [2.05, 4.69) is 33.9 Å². The van der Waals surface area contributed by atoms with Crippen molar-refractivity contribution < 1.29 is 33.0 Å². The molecule has 3 heterocycles. The summed E-state index contributed by atoms with van der Waals surface area (Å²) in [6.45, 7) is 6.61. The number of benzene rings is 1. The van der Waals surface area contributed by atoms with Crippen LogP contribution in [0.2, 0.25) is 5.28 Å². The van der Waals surface area contributed by atoms with Crippen LogP contribution in [0.3, 0.4) is 0 Å². The van der Waals surface area contributed by atoms with Crippen LogP contribution in [0.4, 0.5) is 5.82 Å². The normalized spacial score (nSPS) is 19.9. The number of aromatic nitrogens is 3. The molecule has 11 nitrogen and oxygen atoms in total. The van der Waals surface area contributed by atoms with E-state index in [1.165, 1.54) is 0 Å². The zero-order chi connectivity index (χ0) is 29.1. The van der Waals surface area contributed by atoms with Gasteiger partial charge in [-0.2, -0.15) is 9.97 Å². The number of esters is 1. The highest BCUT2D eigenvalue weighted by atomic mass is 35.5. The van der Waals surface area contributed by atoms with Gasteiger partial charge in [0.25, 0.3) is 0 Å². The van der Waals surface area contributed by atoms with Gasteiger partial charge >= 0.3 is 13.6 Å². The van der Waals surface area contributed by atoms with Crippen LogP contribution in [0.25, 0.3) is 11.0 Å². The zero-order valence-electron chi connectivity index (χ0n) is 23.3. The summed E-state index contributed by atoms with van der Waals surface area (Å²) in [6, 6.07) is 12.2. The second-order valence-electron chi connectivity index (χ2n) is 10.8. The maximum Gasteiger partial charge on any atom is 0.356 e. The molecule has 1 saturated heterocycles. The number of carbonyl (C=O) groups excluding carboxylic acids is 1. The number of ether oxygens (including phenoxy) is 3. The fraction of sp³-hybridized carbons (Fsp3) is 0.519. The van der Waals surface area contributed by atoms with Gasteiger partial charge < -0.3 is 28.6 Å². The Morgan fingerprint density at radius 1 is 1.25 bits per heavy atom. The number of rotatable bonds is 11. The van der Waals surface area contributed by atoms with Crippen molar-refractivity contribution in [3.05, 3.63) is 53.4 Å². The Morgan fingerprint density at radius 2 is 1.98 bits per heavy atom. The molecular weight excluding hydrogens is 559 g/mol. The van der Waals surface area contributed by atoms with Gasteiger partial charge in [-0.05, 0) is 63.8 Å². The lowest BCUT2D eigenvalue weighted by atomic mass is 9.98. The third-order valence-electron chi connectivity index (χ3n) is 6.73. The summed E-state index contributed by atoms with van der Waals surface area (Å²) in [5.74, 6) is 0.183. The highest BCUT2D eigenvalue weighted by Gasteiger charge is 2.31. The molecule has 2 aromatic heterocycles. The predicted molar refractivity (Wildman–Crippen MR) is 151 cm³/mol. The maximum atomic E-state index is 12.2. The molecule has 1 fully saturated rings. The van der Waals surface area contributed by atoms with Gasteiger partial charge in [0, 0.05) is 13.2 Å². The molecule has 0 spiro atoms. The second-order valence-corrected chi connectivity index (χ2v) is 13.0. The number of carbonyl (C=O) groups is 1. The summed E-state index contributed by atoms with van der Waals surface area (Å²) >= 11 is 6.36. The third kappa shape index (κ3) is 7.40. The Kier molecular flexibility index (Phi) is 9.55. The molecule has 1 aliphatic rings. The summed E-state index contributed by atoms with van der Waals surface area (Å²) in [7, 11) is -2.12. The van der Waals surface area contributed by atoms with Gasteiger partial charge in [-0.1, -0.05) is 30.3 Å². The first-order valence-corrected chi connectivity index (χ1v) is 15.2. The highest BCUT2D eigenvalue weighted by molar-refractivity contribution is 7.52. The Hall–Kier alpha value is -2.53. The molecule has 13 heteroatoms. The lowest BCUT2D eigenvalue weighted by Gasteiger charge is -2.27. The molecule has 4 rings (SSSR count). The Labute approximate surface area is 238 Å². The van der Waals surface area contributed by atoms with Crippen LogP contribution in [0.5, 0.6) is 0 Å². The first-order valence-electron chi connectivity index (χ1n) is 13.0. The first-order chi connectivity index (χ1) is 18.9. The van der Waals surface area contributed by atoms with E-state index in [0.717, 1.165) is 16.8 Å². The van der Waals surface area contributed by atoms with Crippen molar-refractivity contribution in [2.24, 2.45) is 5.41 Å². The number of fused-ring (bicyclic) bond motifs is 1. The van der Waals surface area contributed by atoms with Crippen molar-refractivity contribution in [3.8, 4) is 0 Å². The van der Waals surface area contributed by atoms with Gasteiger partial charge in [0.2, 0.25) is 12.1 Å². The molecule has 0 radical (unpaired) electrons. The monoisotopic (exact) mass is 594 g/mol. The van der Waals surface area contributed by atoms with Crippen molar-refractivity contribution >= 4 is 42.0 Å². The molecule has 1 aromatic carbocycles. The van der Waals surface area contributed by atoms with Gasteiger partial charge in [-0.15, -0.1) is 0 Å². The molecular formula is C27H36ClN4O7P. The SMILES string of the molecule is C[C@H](c1ccccc1)N(C)c1nc(Cl)nc2c1ccn2[C@H]1CC[C@@H](COCP(=O)(O)OCOC(=O)C(C)(C)C)O1. The quantitative estimate of drug-likeness (QED) is 0.128. The Morgan fingerprint density at radius 3 is 2.67 bits per heavy atom. The molecule has 3 aromatic rings. The molecule has 218 valence electrons. The maximum absolute atomic E-state index is 12.2. The van der Waals surface area contributed by atoms with Crippen molar-refractivity contribution in [1.82, 2.24) is 14.5 Å². The molecule has 0 bridgehead atoms. The van der Waals surface area contributed by atoms with Gasteiger partial charge in [0.15, 0.2) is 0 Å². The smallest absolute Gasteiger partial charge is 0.356 e. The van der Waals surface area contributed by atoms with E-state index >= 15 is 0 Å². The summed E-state index contributed by atoms with van der Waals surface area (Å²) < 4.78 is 35.5. The number of hydrogen-bond acceptors (Lipinski definition) is 9. The Balaban J connectivity index is 1.35. The molecule has 0 saturated carbocycles. The summed E-state index contributed by atoms with van der Waals surface area (Å²) in [4.78, 5) is 32.8. The van der Waals surface area contributed by atoms with Crippen LogP contribution in [0.15, 0.2) is 42.6 Å². The average molecular weight is 595 g/mol. The van der Waals surface area contributed by atoms with Crippen LogP contribution in [0.1, 0.15) is 58.4 Å². The zero-order valence-corrected chi connectivity index (χ0v) is 25.0. The lowest BCUT2D eigenvalue weighted by Crippen LogP contribution is -2.24. The van der Waals surface area contributed by atoms with Crippen LogP contribution < -0.4 is 4.90 Å². The number of anilines is 1. The minimum atomic E-state index is -4.10. The van der Waals surface area contributed by atoms with Gasteiger partial charge in [0.1, 0.15) is 24.0 Å². The van der Waals surface area contributed by atoms with Crippen LogP contribution >= 0.6 is 19.2 Å². The standard InChI is InChI=1S/C27H36ClN4O7P/c1-18(19-9-7-6-8-10-19)31(5)23-21-13-14-32(24(21)30-26(28)29-23)22-12-11-20(39-22)15-36-17-40(34,35)38-16-37-25(33)27(2,3)4/h6-10,13-14,18,20,22H,11-12,15-17H2,1-5H3,(H,34,35)/t18-,20+,22-/m1/s1. The van der Waals surface area contributed by atoms with Gasteiger partial charge in [-0.3, -0.25) is 13.9 Å². The highest BCUT2D eigenvalue weighted by Crippen LogP contribution is 2.42. The molecule has 4 atom stereocenters. The first kappa shape index (κ1) is 30.4. The van der Waals surface area contributed by atoms with E-state index in [1.54, 1.807) is 20.8 Å². The molecule has 1 unspecified atom stereocenters. The molecule has 0 amide bonds. The largest absolute Gasteiger partial charge is 0.438 e. The third-order valence-corrected chi connectivity index (χ3v) is 7.92. The van der Waals surface area contributed by atoms with Crippen LogP contribution in [-0.2, 0) is 28.1 Å². The molecule has 1 N–H and O–H groups in total. The van der Waals surface area contributed by atoms with E-state index in [0.29, 0.717) is 18.5 Å². The second kappa shape index (κ2) is 12.5. The van der Waals surface area contributed by atoms with Gasteiger partial charge in [-0.25, -0.2) is 0 Å². The average Bonchev–Trinajstić information content (AvgIpc) is 3.54. The molecule has 1 aliphatic heterocycles. The summed E-state index contributed by atoms with van der Waals surface area (Å²) in [5, 5.41) is 0.989. The summed E-state index contributed by atoms with van der Waals surface area (Å²) in [5.41, 5.74) is 1.07. The number of nitrogens with zero attached hydrogens (tertiary/aromatic N) is 4. The van der Waals surface area contributed by atoms with Crippen molar-refractivity contribution in [3.63, 3.8) is 0 Å². The number of hydrogen-bond donors (Lipinski definition) is 1. The van der Waals surface area contributed by atoms with Crippen molar-refractivity contribution in [1.29, 1.82) is 0 Å². The minimum absolute atomic E-state index is 0.0556. The van der Waals surface area contributed by atoms with Crippen LogP contribution in [0, 0.1) is 5.41 Å². The van der Waals surface area contributed by atoms with Crippen LogP contribution in [-0.4, -0.2) is 58.3 Å². The molecule has 40 heavy (non-hydrogen) atoms. The van der Waals surface area contributed by atoms with E-state index < -0.39 is 32.1 Å². The fourth-order valence-electron chi connectivity index (χ4n) is 4.36. The summed E-state index contributed by atoms with van der Waals surface area (Å²) in [6.07, 6.45) is 2.13. The Bertz CT molecular complexity index is 1360. The minimum Gasteiger partial charge on any atom is -0.438 e. The van der Waals surface area contributed by atoms with E-state index in [4.69, 9.17) is 30.3 Å². The lowest BCUT2D eigenvalue weighted by molar-refractivity contribution is -0.160. The van der Waals surface area contributed by atoms with E-state index in [9.17, 15) is 14.3 Å². The fourth-order valence-corrected chi connectivity index (χ4v) is 5.15.